The summed E-state index contributed by atoms with van der Waals surface area (Å²) in [7, 11) is 4.75. The molecule has 1 heterocycles. The Balaban J connectivity index is 1.88. The first-order valence-electron chi connectivity index (χ1n) is 8.05. The summed E-state index contributed by atoms with van der Waals surface area (Å²) in [5, 5.41) is 6.20. The highest BCUT2D eigenvalue weighted by molar-refractivity contribution is 5.76. The van der Waals surface area contributed by atoms with Gasteiger partial charge in [-0.2, -0.15) is 0 Å². The summed E-state index contributed by atoms with van der Waals surface area (Å²) in [4.78, 5) is 12.0. The van der Waals surface area contributed by atoms with Crippen molar-refractivity contribution in [2.75, 3.05) is 47.6 Å². The van der Waals surface area contributed by atoms with E-state index in [0.717, 1.165) is 12.1 Å². The van der Waals surface area contributed by atoms with Crippen molar-refractivity contribution in [1.82, 2.24) is 10.6 Å². The van der Waals surface area contributed by atoms with Crippen LogP contribution in [0, 0.1) is 0 Å². The molecule has 1 amide bonds. The van der Waals surface area contributed by atoms with Crippen LogP contribution < -0.4 is 24.8 Å². The van der Waals surface area contributed by atoms with Crippen LogP contribution in [-0.2, 0) is 16.0 Å². The van der Waals surface area contributed by atoms with Gasteiger partial charge >= 0.3 is 0 Å². The molecule has 24 heavy (non-hydrogen) atoms. The Morgan fingerprint density at radius 2 is 2.04 bits per heavy atom. The van der Waals surface area contributed by atoms with Gasteiger partial charge in [-0.05, 0) is 12.5 Å². The standard InChI is InChI=1S/C17H26N2O5/c1-21-14-5-4-12(16(22-2)17(14)23-3)6-7-19-15(20)10-13-11-24-9-8-18-13/h4-5,13,18H,6-11H2,1-3H3,(H,19,20). The van der Waals surface area contributed by atoms with Crippen molar-refractivity contribution in [2.24, 2.45) is 0 Å². The Morgan fingerprint density at radius 1 is 1.25 bits per heavy atom. The third kappa shape index (κ3) is 4.75. The summed E-state index contributed by atoms with van der Waals surface area (Å²) in [5.74, 6) is 1.82. The van der Waals surface area contributed by atoms with Gasteiger partial charge in [-0.1, -0.05) is 6.07 Å². The number of carbonyl (C=O) groups is 1. The highest BCUT2D eigenvalue weighted by Crippen LogP contribution is 2.39. The summed E-state index contributed by atoms with van der Waals surface area (Å²) in [5.41, 5.74) is 0.953. The van der Waals surface area contributed by atoms with Crippen LogP contribution in [0.15, 0.2) is 12.1 Å². The monoisotopic (exact) mass is 338 g/mol. The SMILES string of the molecule is COc1ccc(CCNC(=O)CC2COCCN2)c(OC)c1OC. The maximum absolute atomic E-state index is 12.0. The molecule has 1 aliphatic heterocycles. The van der Waals surface area contributed by atoms with Crippen LogP contribution in [0.5, 0.6) is 17.2 Å². The molecule has 0 spiro atoms. The van der Waals surface area contributed by atoms with Crippen LogP contribution in [0.4, 0.5) is 0 Å². The van der Waals surface area contributed by atoms with E-state index in [1.54, 1.807) is 21.3 Å². The molecule has 1 saturated heterocycles. The molecule has 134 valence electrons. The Hall–Kier alpha value is -1.99. The molecule has 0 saturated carbocycles. The number of nitrogens with one attached hydrogen (secondary N) is 2. The zero-order chi connectivity index (χ0) is 17.4. The Bertz CT molecular complexity index is 544. The van der Waals surface area contributed by atoms with Crippen LogP contribution in [0.1, 0.15) is 12.0 Å². The maximum Gasteiger partial charge on any atom is 0.221 e. The zero-order valence-corrected chi connectivity index (χ0v) is 14.5. The molecular weight excluding hydrogens is 312 g/mol. The van der Waals surface area contributed by atoms with E-state index in [9.17, 15) is 4.79 Å². The minimum Gasteiger partial charge on any atom is -0.493 e. The Labute approximate surface area is 142 Å². The number of carbonyl (C=O) groups excluding carboxylic acids is 1. The first kappa shape index (κ1) is 18.4. The number of morpholine rings is 1. The van der Waals surface area contributed by atoms with E-state index in [1.807, 2.05) is 12.1 Å². The van der Waals surface area contributed by atoms with Gasteiger partial charge in [-0.3, -0.25) is 4.79 Å². The lowest BCUT2D eigenvalue weighted by Crippen LogP contribution is -2.44. The van der Waals surface area contributed by atoms with Crippen LogP contribution in [0.3, 0.4) is 0 Å². The summed E-state index contributed by atoms with van der Waals surface area (Å²) >= 11 is 0. The van der Waals surface area contributed by atoms with Crippen molar-refractivity contribution in [3.05, 3.63) is 17.7 Å². The molecule has 1 unspecified atom stereocenters. The lowest BCUT2D eigenvalue weighted by Gasteiger charge is -2.23. The Morgan fingerprint density at radius 3 is 2.67 bits per heavy atom. The van der Waals surface area contributed by atoms with Gasteiger partial charge < -0.3 is 29.6 Å². The van der Waals surface area contributed by atoms with Gasteiger partial charge in [0.25, 0.3) is 0 Å². The summed E-state index contributed by atoms with van der Waals surface area (Å²) in [6.07, 6.45) is 1.06. The predicted octanol–water partition coefficient (Wildman–Crippen LogP) is 0.750. The molecule has 7 heteroatoms. The second-order valence-electron chi connectivity index (χ2n) is 5.52. The topological polar surface area (TPSA) is 78.1 Å². The van der Waals surface area contributed by atoms with Crippen molar-refractivity contribution in [1.29, 1.82) is 0 Å². The van der Waals surface area contributed by atoms with E-state index in [4.69, 9.17) is 18.9 Å². The van der Waals surface area contributed by atoms with Crippen LogP contribution in [0.25, 0.3) is 0 Å². The quantitative estimate of drug-likeness (QED) is 0.728. The molecule has 0 aliphatic carbocycles. The molecule has 2 rings (SSSR count). The molecule has 0 bridgehead atoms. The molecule has 7 nitrogen and oxygen atoms in total. The average Bonchev–Trinajstić information content (AvgIpc) is 2.61. The summed E-state index contributed by atoms with van der Waals surface area (Å²) in [6.45, 7) is 2.60. The smallest absolute Gasteiger partial charge is 0.221 e. The molecule has 1 aromatic rings. The molecule has 1 fully saturated rings. The number of benzene rings is 1. The van der Waals surface area contributed by atoms with Crippen molar-refractivity contribution in [2.45, 2.75) is 18.9 Å². The number of rotatable bonds is 8. The van der Waals surface area contributed by atoms with Crippen molar-refractivity contribution in [3.8, 4) is 17.2 Å². The zero-order valence-electron chi connectivity index (χ0n) is 14.5. The van der Waals surface area contributed by atoms with Crippen molar-refractivity contribution >= 4 is 5.91 Å². The molecular formula is C17H26N2O5. The van der Waals surface area contributed by atoms with E-state index in [2.05, 4.69) is 10.6 Å². The van der Waals surface area contributed by atoms with Gasteiger partial charge in [0, 0.05) is 31.1 Å². The van der Waals surface area contributed by atoms with Crippen LogP contribution >= 0.6 is 0 Å². The number of amides is 1. The lowest BCUT2D eigenvalue weighted by atomic mass is 10.1. The molecule has 0 aromatic heterocycles. The largest absolute Gasteiger partial charge is 0.493 e. The fraction of sp³-hybridized carbons (Fsp3) is 0.588. The fourth-order valence-electron chi connectivity index (χ4n) is 2.74. The summed E-state index contributed by atoms with van der Waals surface area (Å²) < 4.78 is 21.4. The normalized spacial score (nSPS) is 17.2. The van der Waals surface area contributed by atoms with Gasteiger partial charge in [0.15, 0.2) is 11.5 Å². The molecule has 1 aliphatic rings. The van der Waals surface area contributed by atoms with Crippen molar-refractivity contribution < 1.29 is 23.7 Å². The van der Waals surface area contributed by atoms with Crippen molar-refractivity contribution in [3.63, 3.8) is 0 Å². The minimum absolute atomic E-state index is 0.0115. The maximum atomic E-state index is 12.0. The fourth-order valence-corrected chi connectivity index (χ4v) is 2.74. The predicted molar refractivity (Wildman–Crippen MR) is 90.0 cm³/mol. The second kappa shape index (κ2) is 9.34. The first-order chi connectivity index (χ1) is 11.7. The van der Waals surface area contributed by atoms with E-state index >= 15 is 0 Å². The minimum atomic E-state index is 0.0115. The molecule has 2 N–H and O–H groups in total. The van der Waals surface area contributed by atoms with Gasteiger partial charge in [0.05, 0.1) is 34.5 Å². The van der Waals surface area contributed by atoms with E-state index < -0.39 is 0 Å². The molecule has 1 aromatic carbocycles. The Kier molecular flexibility index (Phi) is 7.14. The third-order valence-corrected chi connectivity index (χ3v) is 3.93. The number of hydrogen-bond acceptors (Lipinski definition) is 6. The van der Waals surface area contributed by atoms with Gasteiger partial charge in [0.1, 0.15) is 0 Å². The van der Waals surface area contributed by atoms with Gasteiger partial charge in [-0.15, -0.1) is 0 Å². The van der Waals surface area contributed by atoms with Crippen LogP contribution in [-0.4, -0.2) is 59.6 Å². The highest BCUT2D eigenvalue weighted by atomic mass is 16.5. The third-order valence-electron chi connectivity index (χ3n) is 3.93. The van der Waals surface area contributed by atoms with E-state index in [1.165, 1.54) is 0 Å². The average molecular weight is 338 g/mol. The van der Waals surface area contributed by atoms with Crippen LogP contribution in [0.2, 0.25) is 0 Å². The lowest BCUT2D eigenvalue weighted by molar-refractivity contribution is -0.122. The van der Waals surface area contributed by atoms with E-state index in [-0.39, 0.29) is 11.9 Å². The number of methoxy groups -OCH3 is 3. The highest BCUT2D eigenvalue weighted by Gasteiger charge is 2.18. The van der Waals surface area contributed by atoms with E-state index in [0.29, 0.717) is 49.8 Å². The van der Waals surface area contributed by atoms with Gasteiger partial charge in [-0.25, -0.2) is 0 Å². The number of hydrogen-bond donors (Lipinski definition) is 2. The number of ether oxygens (including phenoxy) is 4. The van der Waals surface area contributed by atoms with Gasteiger partial charge in [0.2, 0.25) is 11.7 Å². The molecule has 1 atom stereocenters. The summed E-state index contributed by atoms with van der Waals surface area (Å²) in [6, 6.07) is 3.85. The second-order valence-corrected chi connectivity index (χ2v) is 5.52. The molecule has 0 radical (unpaired) electrons. The first-order valence-corrected chi connectivity index (χ1v) is 8.05.